The standard InChI is InChI=1S/C29H27FN2O6/c1-17-15-29(17,28(35)36-2)27(34)32-19-8-9-25(21(30)12-19)38-24-10-11-31-22-14-26(23(33)13-20(22)24)37-16-18-6-4-3-5-7-18/h3-11,13-14,17,21,33H,12,15-16H2,1-2H3,(H,32,34)/t17-,21?,29+/m1/s1. The van der Waals surface area contributed by atoms with Crippen LogP contribution in [0.5, 0.6) is 17.2 Å². The van der Waals surface area contributed by atoms with E-state index < -0.39 is 23.5 Å². The van der Waals surface area contributed by atoms with Crippen molar-refractivity contribution in [3.63, 3.8) is 0 Å². The van der Waals surface area contributed by atoms with Crippen molar-refractivity contribution in [3.05, 3.63) is 83.9 Å². The summed E-state index contributed by atoms with van der Waals surface area (Å²) in [5.74, 6) is -0.696. The molecule has 1 heterocycles. The molecular weight excluding hydrogens is 491 g/mol. The highest BCUT2D eigenvalue weighted by molar-refractivity contribution is 6.06. The molecule has 0 aliphatic heterocycles. The Bertz CT molecular complexity index is 1450. The van der Waals surface area contributed by atoms with Crippen LogP contribution in [0.15, 0.2) is 78.3 Å². The molecule has 0 saturated heterocycles. The van der Waals surface area contributed by atoms with Gasteiger partial charge in [0.05, 0.1) is 12.6 Å². The Labute approximate surface area is 218 Å². The monoisotopic (exact) mass is 518 g/mol. The van der Waals surface area contributed by atoms with Gasteiger partial charge in [0.1, 0.15) is 23.5 Å². The summed E-state index contributed by atoms with van der Waals surface area (Å²) in [4.78, 5) is 29.2. The van der Waals surface area contributed by atoms with Crippen LogP contribution >= 0.6 is 0 Å². The zero-order valence-corrected chi connectivity index (χ0v) is 20.9. The number of benzene rings is 2. The fourth-order valence-electron chi connectivity index (χ4n) is 4.60. The van der Waals surface area contributed by atoms with E-state index in [1.165, 1.54) is 25.4 Å². The van der Waals surface area contributed by atoms with Gasteiger partial charge in [0.25, 0.3) is 0 Å². The number of phenolic OH excluding ortho intramolecular Hbond substituents is 1. The molecule has 2 N–H and O–H groups in total. The fourth-order valence-corrected chi connectivity index (χ4v) is 4.60. The van der Waals surface area contributed by atoms with E-state index >= 15 is 4.39 Å². The number of aromatic hydroxyl groups is 1. The highest BCUT2D eigenvalue weighted by Gasteiger charge is 2.64. The van der Waals surface area contributed by atoms with Gasteiger partial charge >= 0.3 is 5.97 Å². The Morgan fingerprint density at radius 3 is 2.61 bits per heavy atom. The number of aromatic nitrogens is 1. The molecule has 1 amide bonds. The number of nitrogens with zero attached hydrogens (tertiary/aromatic N) is 1. The molecule has 2 aliphatic carbocycles. The Hall–Kier alpha value is -4.40. The number of hydrogen-bond donors (Lipinski definition) is 2. The van der Waals surface area contributed by atoms with Crippen LogP contribution < -0.4 is 14.8 Å². The van der Waals surface area contributed by atoms with Gasteiger partial charge < -0.3 is 24.6 Å². The Morgan fingerprint density at radius 1 is 1.16 bits per heavy atom. The number of pyridine rings is 1. The molecule has 0 bridgehead atoms. The van der Waals surface area contributed by atoms with Gasteiger partial charge in [-0.15, -0.1) is 0 Å². The Kier molecular flexibility index (Phi) is 6.75. The SMILES string of the molecule is COC(=O)[C@@]1(C(=O)NC2=CC=C(Oc3ccnc4cc(OCc5ccccc5)c(O)cc34)C(F)C2)C[C@H]1C. The summed E-state index contributed by atoms with van der Waals surface area (Å²) < 4.78 is 31.5. The first-order valence-corrected chi connectivity index (χ1v) is 12.2. The molecule has 5 rings (SSSR count). The lowest BCUT2D eigenvalue weighted by Gasteiger charge is -2.22. The highest BCUT2D eigenvalue weighted by Crippen LogP contribution is 2.53. The van der Waals surface area contributed by atoms with E-state index in [0.29, 0.717) is 28.8 Å². The third-order valence-electron chi connectivity index (χ3n) is 6.94. The predicted molar refractivity (Wildman–Crippen MR) is 137 cm³/mol. The van der Waals surface area contributed by atoms with Crippen LogP contribution in [0.3, 0.4) is 0 Å². The van der Waals surface area contributed by atoms with Gasteiger partial charge in [-0.1, -0.05) is 37.3 Å². The number of phenols is 1. The van der Waals surface area contributed by atoms with Crippen LogP contribution in [0.1, 0.15) is 25.3 Å². The quantitative estimate of drug-likeness (QED) is 0.328. The maximum absolute atomic E-state index is 15.1. The summed E-state index contributed by atoms with van der Waals surface area (Å²) in [5.41, 5.74) is 0.578. The van der Waals surface area contributed by atoms with Gasteiger partial charge in [-0.25, -0.2) is 4.39 Å². The number of fused-ring (bicyclic) bond motifs is 1. The number of amides is 1. The summed E-state index contributed by atoms with van der Waals surface area (Å²) in [5, 5.41) is 13.7. The number of esters is 1. The van der Waals surface area contributed by atoms with Crippen molar-refractivity contribution in [2.75, 3.05) is 7.11 Å². The second kappa shape index (κ2) is 10.2. The zero-order chi connectivity index (χ0) is 26.9. The summed E-state index contributed by atoms with van der Waals surface area (Å²) in [6.07, 6.45) is 3.24. The van der Waals surface area contributed by atoms with Crippen LogP contribution in [0.2, 0.25) is 0 Å². The molecule has 196 valence electrons. The predicted octanol–water partition coefficient (Wildman–Crippen LogP) is 4.72. The molecule has 2 aliphatic rings. The molecule has 1 fully saturated rings. The summed E-state index contributed by atoms with van der Waals surface area (Å²) in [6.45, 7) is 2.07. The number of carbonyl (C=O) groups is 2. The second-order valence-electron chi connectivity index (χ2n) is 9.48. The fraction of sp³-hybridized carbons (Fsp3) is 0.276. The molecule has 9 heteroatoms. The molecule has 8 nitrogen and oxygen atoms in total. The number of allylic oxidation sites excluding steroid dienone is 4. The van der Waals surface area contributed by atoms with Crippen molar-refractivity contribution in [3.8, 4) is 17.2 Å². The van der Waals surface area contributed by atoms with E-state index in [9.17, 15) is 14.7 Å². The Morgan fingerprint density at radius 2 is 1.92 bits per heavy atom. The van der Waals surface area contributed by atoms with Gasteiger partial charge in [-0.2, -0.15) is 0 Å². The molecular formula is C29H27FN2O6. The van der Waals surface area contributed by atoms with Crippen molar-refractivity contribution in [2.45, 2.75) is 32.5 Å². The van der Waals surface area contributed by atoms with E-state index in [4.69, 9.17) is 14.2 Å². The molecule has 1 aromatic heterocycles. The lowest BCUT2D eigenvalue weighted by molar-refractivity contribution is -0.152. The minimum atomic E-state index is -1.54. The van der Waals surface area contributed by atoms with Crippen LogP contribution in [0.25, 0.3) is 10.9 Å². The lowest BCUT2D eigenvalue weighted by atomic mass is 10.0. The van der Waals surface area contributed by atoms with Crippen molar-refractivity contribution in [2.24, 2.45) is 11.3 Å². The molecule has 0 spiro atoms. The van der Waals surface area contributed by atoms with Crippen molar-refractivity contribution < 1.29 is 33.3 Å². The number of rotatable bonds is 8. The summed E-state index contributed by atoms with van der Waals surface area (Å²) in [7, 11) is 1.24. The maximum atomic E-state index is 15.1. The number of halogens is 1. The minimum Gasteiger partial charge on any atom is -0.504 e. The van der Waals surface area contributed by atoms with Gasteiger partial charge in [-0.3, -0.25) is 14.6 Å². The van der Waals surface area contributed by atoms with Gasteiger partial charge in [0.2, 0.25) is 5.91 Å². The molecule has 1 unspecified atom stereocenters. The summed E-state index contributed by atoms with van der Waals surface area (Å²) >= 11 is 0. The van der Waals surface area contributed by atoms with E-state index in [1.807, 2.05) is 30.3 Å². The topological polar surface area (TPSA) is 107 Å². The number of hydrogen-bond acceptors (Lipinski definition) is 7. The number of ether oxygens (including phenoxy) is 3. The molecule has 1 saturated carbocycles. The first-order valence-electron chi connectivity index (χ1n) is 12.2. The van der Waals surface area contributed by atoms with Crippen molar-refractivity contribution in [1.82, 2.24) is 10.3 Å². The average Bonchev–Trinajstić information content (AvgIpc) is 3.61. The average molecular weight is 519 g/mol. The first kappa shape index (κ1) is 25.3. The number of nitrogens with one attached hydrogen (secondary N) is 1. The second-order valence-corrected chi connectivity index (χ2v) is 9.48. The van der Waals surface area contributed by atoms with E-state index in [1.54, 1.807) is 25.1 Å². The molecule has 2 aromatic carbocycles. The Balaban J connectivity index is 1.31. The van der Waals surface area contributed by atoms with Crippen molar-refractivity contribution in [1.29, 1.82) is 0 Å². The zero-order valence-electron chi connectivity index (χ0n) is 20.9. The number of methoxy groups -OCH3 is 1. The lowest BCUT2D eigenvalue weighted by Crippen LogP contribution is -2.39. The van der Waals surface area contributed by atoms with Gasteiger partial charge in [-0.05, 0) is 42.2 Å². The third kappa shape index (κ3) is 4.79. The van der Waals surface area contributed by atoms with E-state index in [-0.39, 0.29) is 36.2 Å². The molecule has 3 atom stereocenters. The molecule has 3 aromatic rings. The minimum absolute atomic E-state index is 0.0434. The van der Waals surface area contributed by atoms with E-state index in [2.05, 4.69) is 10.3 Å². The third-order valence-corrected chi connectivity index (χ3v) is 6.94. The van der Waals surface area contributed by atoms with E-state index in [0.717, 1.165) is 5.56 Å². The highest BCUT2D eigenvalue weighted by atomic mass is 19.1. The van der Waals surface area contributed by atoms with Crippen LogP contribution in [-0.4, -0.2) is 35.2 Å². The molecule has 38 heavy (non-hydrogen) atoms. The smallest absolute Gasteiger partial charge is 0.321 e. The van der Waals surface area contributed by atoms with Gasteiger partial charge in [0, 0.05) is 29.8 Å². The van der Waals surface area contributed by atoms with Crippen LogP contribution in [0, 0.1) is 11.3 Å². The van der Waals surface area contributed by atoms with Crippen LogP contribution in [0.4, 0.5) is 4.39 Å². The first-order chi connectivity index (χ1) is 18.3. The van der Waals surface area contributed by atoms with Crippen LogP contribution in [-0.2, 0) is 20.9 Å². The summed E-state index contributed by atoms with van der Waals surface area (Å²) in [6, 6.07) is 14.2. The largest absolute Gasteiger partial charge is 0.504 e. The van der Waals surface area contributed by atoms with Gasteiger partial charge in [0.15, 0.2) is 17.7 Å². The number of alkyl halides is 1. The normalized spacial score (nSPS) is 22.2. The van der Waals surface area contributed by atoms with Crippen molar-refractivity contribution >= 4 is 22.8 Å². The molecule has 0 radical (unpaired) electrons. The number of carbonyl (C=O) groups excluding carboxylic acids is 2. The maximum Gasteiger partial charge on any atom is 0.321 e.